The van der Waals surface area contributed by atoms with Crippen molar-refractivity contribution < 1.29 is 0 Å². The fourth-order valence-corrected chi connectivity index (χ4v) is 1.84. The standard InChI is InChI=1S/C16H20N4/c1-19(2)14-10-11-15(16(12-14)20(3)4)18-17-13-8-6-5-7-9-13/h5-12H,1-4H3/b18-17+. The molecule has 0 atom stereocenters. The van der Waals surface area contributed by atoms with Gasteiger partial charge in [-0.15, -0.1) is 5.11 Å². The minimum Gasteiger partial charge on any atom is -0.378 e. The Kier molecular flexibility index (Phi) is 4.35. The molecule has 0 aliphatic carbocycles. The molecule has 0 spiro atoms. The summed E-state index contributed by atoms with van der Waals surface area (Å²) in [5.74, 6) is 0. The average Bonchev–Trinajstić information content (AvgIpc) is 2.45. The SMILES string of the molecule is CN(C)c1ccc(/N=N/c2ccccc2)c(N(C)C)c1. The lowest BCUT2D eigenvalue weighted by Crippen LogP contribution is -2.12. The Hall–Kier alpha value is -2.36. The van der Waals surface area contributed by atoms with Gasteiger partial charge in [-0.2, -0.15) is 5.11 Å². The van der Waals surface area contributed by atoms with Gasteiger partial charge in [-0.05, 0) is 30.3 Å². The van der Waals surface area contributed by atoms with E-state index in [4.69, 9.17) is 0 Å². The van der Waals surface area contributed by atoms with Crippen molar-refractivity contribution in [1.82, 2.24) is 0 Å². The van der Waals surface area contributed by atoms with Crippen LogP contribution >= 0.6 is 0 Å². The Morgan fingerprint density at radius 3 is 2.05 bits per heavy atom. The van der Waals surface area contributed by atoms with Gasteiger partial charge in [-0.3, -0.25) is 0 Å². The van der Waals surface area contributed by atoms with Gasteiger partial charge in [0.15, 0.2) is 0 Å². The lowest BCUT2D eigenvalue weighted by atomic mass is 10.2. The molecule has 0 saturated heterocycles. The molecule has 4 nitrogen and oxygen atoms in total. The van der Waals surface area contributed by atoms with Gasteiger partial charge in [0.2, 0.25) is 0 Å². The van der Waals surface area contributed by atoms with E-state index in [0.29, 0.717) is 0 Å². The van der Waals surface area contributed by atoms with Crippen LogP contribution in [0.1, 0.15) is 0 Å². The van der Waals surface area contributed by atoms with Gasteiger partial charge in [-0.25, -0.2) is 0 Å². The van der Waals surface area contributed by atoms with Crippen LogP contribution < -0.4 is 9.80 Å². The third kappa shape index (κ3) is 3.35. The fraction of sp³-hybridized carbons (Fsp3) is 0.250. The molecule has 4 heteroatoms. The molecular formula is C16H20N4. The van der Waals surface area contributed by atoms with Crippen molar-refractivity contribution in [2.45, 2.75) is 0 Å². The molecule has 0 unspecified atom stereocenters. The van der Waals surface area contributed by atoms with Crippen molar-refractivity contribution in [2.75, 3.05) is 38.0 Å². The number of nitrogens with zero attached hydrogens (tertiary/aromatic N) is 4. The normalized spacial score (nSPS) is 10.8. The van der Waals surface area contributed by atoms with E-state index in [0.717, 1.165) is 22.7 Å². The van der Waals surface area contributed by atoms with Crippen LogP contribution in [-0.4, -0.2) is 28.2 Å². The molecule has 2 aromatic carbocycles. The minimum atomic E-state index is 0.855. The molecule has 0 amide bonds. The summed E-state index contributed by atoms with van der Waals surface area (Å²) in [6, 6.07) is 15.9. The molecule has 0 bridgehead atoms. The second kappa shape index (κ2) is 6.19. The summed E-state index contributed by atoms with van der Waals surface area (Å²) >= 11 is 0. The van der Waals surface area contributed by atoms with Crippen LogP contribution in [-0.2, 0) is 0 Å². The third-order valence-corrected chi connectivity index (χ3v) is 2.99. The topological polar surface area (TPSA) is 31.2 Å². The van der Waals surface area contributed by atoms with Crippen molar-refractivity contribution in [3.05, 3.63) is 48.5 Å². The van der Waals surface area contributed by atoms with Crippen molar-refractivity contribution in [3.63, 3.8) is 0 Å². The highest BCUT2D eigenvalue weighted by atomic mass is 15.2. The zero-order chi connectivity index (χ0) is 14.5. The number of hydrogen-bond donors (Lipinski definition) is 0. The summed E-state index contributed by atoms with van der Waals surface area (Å²) in [7, 11) is 8.08. The summed E-state index contributed by atoms with van der Waals surface area (Å²) in [4.78, 5) is 4.12. The van der Waals surface area contributed by atoms with E-state index in [-0.39, 0.29) is 0 Å². The van der Waals surface area contributed by atoms with Gasteiger partial charge in [0.25, 0.3) is 0 Å². The minimum absolute atomic E-state index is 0.855. The first-order chi connectivity index (χ1) is 9.58. The number of rotatable bonds is 4. The smallest absolute Gasteiger partial charge is 0.109 e. The second-order valence-electron chi connectivity index (χ2n) is 5.00. The largest absolute Gasteiger partial charge is 0.378 e. The van der Waals surface area contributed by atoms with E-state index >= 15 is 0 Å². The Bertz CT molecular complexity index is 589. The van der Waals surface area contributed by atoms with Gasteiger partial charge in [0.1, 0.15) is 5.69 Å². The molecule has 20 heavy (non-hydrogen) atoms. The van der Waals surface area contributed by atoms with Crippen LogP contribution in [0.2, 0.25) is 0 Å². The number of azo groups is 1. The second-order valence-corrected chi connectivity index (χ2v) is 5.00. The molecule has 0 fully saturated rings. The zero-order valence-electron chi connectivity index (χ0n) is 12.4. The molecule has 0 aliphatic rings. The van der Waals surface area contributed by atoms with Crippen molar-refractivity contribution in [1.29, 1.82) is 0 Å². The highest BCUT2D eigenvalue weighted by Gasteiger charge is 2.06. The van der Waals surface area contributed by atoms with E-state index in [1.54, 1.807) is 0 Å². The van der Waals surface area contributed by atoms with Crippen LogP contribution in [0.5, 0.6) is 0 Å². The number of anilines is 2. The first kappa shape index (κ1) is 14.1. The first-order valence-corrected chi connectivity index (χ1v) is 6.53. The Labute approximate surface area is 120 Å². The third-order valence-electron chi connectivity index (χ3n) is 2.99. The van der Waals surface area contributed by atoms with E-state index in [1.165, 1.54) is 0 Å². The van der Waals surface area contributed by atoms with Crippen molar-refractivity contribution in [2.24, 2.45) is 10.2 Å². The number of hydrogen-bond acceptors (Lipinski definition) is 4. The molecule has 0 aliphatic heterocycles. The molecule has 0 radical (unpaired) electrons. The van der Waals surface area contributed by atoms with Gasteiger partial charge in [0, 0.05) is 33.9 Å². The summed E-state index contributed by atoms with van der Waals surface area (Å²) in [6.45, 7) is 0. The van der Waals surface area contributed by atoms with Crippen LogP contribution in [0.3, 0.4) is 0 Å². The molecule has 0 saturated carbocycles. The monoisotopic (exact) mass is 268 g/mol. The first-order valence-electron chi connectivity index (χ1n) is 6.53. The quantitative estimate of drug-likeness (QED) is 0.777. The Balaban J connectivity index is 2.34. The highest BCUT2D eigenvalue weighted by molar-refractivity contribution is 5.72. The summed E-state index contributed by atoms with van der Waals surface area (Å²) < 4.78 is 0. The Morgan fingerprint density at radius 1 is 0.750 bits per heavy atom. The van der Waals surface area contributed by atoms with E-state index in [9.17, 15) is 0 Å². The molecule has 0 aromatic heterocycles. The maximum absolute atomic E-state index is 4.36. The molecule has 2 aromatic rings. The lowest BCUT2D eigenvalue weighted by molar-refractivity contribution is 1.09. The predicted octanol–water partition coefficient (Wildman–Crippen LogP) is 4.23. The number of benzene rings is 2. The average molecular weight is 268 g/mol. The summed E-state index contributed by atoms with van der Waals surface area (Å²) in [5, 5.41) is 8.64. The van der Waals surface area contributed by atoms with Crippen LogP contribution in [0.15, 0.2) is 58.8 Å². The van der Waals surface area contributed by atoms with Gasteiger partial charge in [-0.1, -0.05) is 18.2 Å². The lowest BCUT2D eigenvalue weighted by Gasteiger charge is -2.19. The van der Waals surface area contributed by atoms with Crippen molar-refractivity contribution in [3.8, 4) is 0 Å². The zero-order valence-corrected chi connectivity index (χ0v) is 12.4. The van der Waals surface area contributed by atoms with E-state index in [2.05, 4.69) is 21.2 Å². The highest BCUT2D eigenvalue weighted by Crippen LogP contribution is 2.32. The maximum Gasteiger partial charge on any atom is 0.109 e. The van der Waals surface area contributed by atoms with Gasteiger partial charge >= 0.3 is 0 Å². The molecular weight excluding hydrogens is 248 g/mol. The van der Waals surface area contributed by atoms with Crippen LogP contribution in [0, 0.1) is 0 Å². The molecule has 104 valence electrons. The maximum atomic E-state index is 4.36. The molecule has 0 heterocycles. The summed E-state index contributed by atoms with van der Waals surface area (Å²) in [6.07, 6.45) is 0. The molecule has 0 N–H and O–H groups in total. The van der Waals surface area contributed by atoms with Crippen LogP contribution in [0.25, 0.3) is 0 Å². The molecule has 2 rings (SSSR count). The van der Waals surface area contributed by atoms with Crippen molar-refractivity contribution >= 4 is 22.7 Å². The fourth-order valence-electron chi connectivity index (χ4n) is 1.84. The van der Waals surface area contributed by atoms with E-state index < -0.39 is 0 Å². The van der Waals surface area contributed by atoms with Gasteiger partial charge in [0.05, 0.1) is 11.4 Å². The van der Waals surface area contributed by atoms with E-state index in [1.807, 2.05) is 75.6 Å². The van der Waals surface area contributed by atoms with Crippen LogP contribution in [0.4, 0.5) is 22.7 Å². The Morgan fingerprint density at radius 2 is 1.45 bits per heavy atom. The van der Waals surface area contributed by atoms with Gasteiger partial charge < -0.3 is 9.80 Å². The predicted molar refractivity (Wildman–Crippen MR) is 85.7 cm³/mol. The summed E-state index contributed by atoms with van der Waals surface area (Å²) in [5.41, 5.74) is 3.92.